The average Bonchev–Trinajstić information content (AvgIpc) is 3.22. The molecular formula is C22H29N5O3. The Bertz CT molecular complexity index is 1050. The van der Waals surface area contributed by atoms with Crippen LogP contribution in [0.25, 0.3) is 10.8 Å². The van der Waals surface area contributed by atoms with Gasteiger partial charge in [-0.05, 0) is 18.9 Å². The van der Waals surface area contributed by atoms with E-state index in [1.165, 1.54) is 4.68 Å². The molecule has 30 heavy (non-hydrogen) atoms. The Morgan fingerprint density at radius 1 is 1.17 bits per heavy atom. The summed E-state index contributed by atoms with van der Waals surface area (Å²) < 4.78 is 6.64. The molecule has 0 radical (unpaired) electrons. The number of amides is 1. The van der Waals surface area contributed by atoms with Gasteiger partial charge in [-0.2, -0.15) is 10.1 Å². The molecule has 0 aliphatic carbocycles. The summed E-state index contributed by atoms with van der Waals surface area (Å²) >= 11 is 0. The van der Waals surface area contributed by atoms with Crippen LogP contribution in [-0.4, -0.2) is 32.4 Å². The number of hydrogen-bond donors (Lipinski definition) is 1. The van der Waals surface area contributed by atoms with E-state index in [4.69, 9.17) is 4.52 Å². The summed E-state index contributed by atoms with van der Waals surface area (Å²) in [4.78, 5) is 29.9. The van der Waals surface area contributed by atoms with Crippen LogP contribution in [0.4, 0.5) is 0 Å². The Labute approximate surface area is 175 Å². The van der Waals surface area contributed by atoms with E-state index in [0.717, 1.165) is 19.3 Å². The second-order valence-electron chi connectivity index (χ2n) is 7.69. The van der Waals surface area contributed by atoms with Gasteiger partial charge in [-0.25, -0.2) is 4.68 Å². The number of unbranched alkanes of at least 4 members (excludes halogenated alkanes) is 2. The second kappa shape index (κ2) is 10.1. The minimum Gasteiger partial charge on any atom is -0.351 e. The number of aryl methyl sites for hydroxylation is 2. The van der Waals surface area contributed by atoms with Gasteiger partial charge in [-0.1, -0.05) is 57.0 Å². The van der Waals surface area contributed by atoms with Crippen molar-refractivity contribution in [1.29, 1.82) is 0 Å². The zero-order chi connectivity index (χ0) is 21.5. The number of carbonyl (C=O) groups is 1. The normalized spacial score (nSPS) is 11.3. The van der Waals surface area contributed by atoms with Gasteiger partial charge in [-0.3, -0.25) is 9.59 Å². The smallest absolute Gasteiger partial charge is 0.274 e. The van der Waals surface area contributed by atoms with Crippen molar-refractivity contribution < 1.29 is 9.32 Å². The maximum Gasteiger partial charge on any atom is 0.274 e. The van der Waals surface area contributed by atoms with Crippen LogP contribution in [0, 0.1) is 0 Å². The molecular weight excluding hydrogens is 382 g/mol. The van der Waals surface area contributed by atoms with E-state index >= 15 is 0 Å². The van der Waals surface area contributed by atoms with Gasteiger partial charge in [0.2, 0.25) is 5.89 Å². The number of aromatic nitrogens is 4. The van der Waals surface area contributed by atoms with E-state index in [-0.39, 0.29) is 23.1 Å². The fourth-order valence-corrected chi connectivity index (χ4v) is 3.20. The van der Waals surface area contributed by atoms with Crippen LogP contribution < -0.4 is 10.9 Å². The van der Waals surface area contributed by atoms with Gasteiger partial charge < -0.3 is 9.84 Å². The molecule has 3 aromatic rings. The third-order valence-corrected chi connectivity index (χ3v) is 4.91. The van der Waals surface area contributed by atoms with E-state index in [2.05, 4.69) is 27.5 Å². The Morgan fingerprint density at radius 3 is 2.63 bits per heavy atom. The Hall–Kier alpha value is -3.03. The van der Waals surface area contributed by atoms with Gasteiger partial charge in [-0.15, -0.1) is 0 Å². The van der Waals surface area contributed by atoms with Crippen LogP contribution in [-0.2, 0) is 13.0 Å². The standard InChI is InChI=1S/C22H29N5O3/c1-4-5-8-14-27-22(29)17-11-7-6-10-16(17)19(25-27)21(28)23-13-9-12-18-24-20(15(2)3)26-30-18/h6-7,10-11,15H,4-5,8-9,12-14H2,1-3H3,(H,23,28). The third kappa shape index (κ3) is 5.11. The molecule has 8 nitrogen and oxygen atoms in total. The van der Waals surface area contributed by atoms with E-state index in [1.807, 2.05) is 19.9 Å². The lowest BCUT2D eigenvalue weighted by Gasteiger charge is -2.11. The fourth-order valence-electron chi connectivity index (χ4n) is 3.20. The summed E-state index contributed by atoms with van der Waals surface area (Å²) in [6.07, 6.45) is 4.17. The van der Waals surface area contributed by atoms with Crippen molar-refractivity contribution in [2.45, 2.75) is 65.3 Å². The number of benzene rings is 1. The van der Waals surface area contributed by atoms with Crippen LogP contribution in [0.1, 0.15) is 74.6 Å². The summed E-state index contributed by atoms with van der Waals surface area (Å²) in [5, 5.41) is 12.3. The summed E-state index contributed by atoms with van der Waals surface area (Å²) in [6, 6.07) is 7.12. The molecule has 0 atom stereocenters. The quantitative estimate of drug-likeness (QED) is 0.513. The van der Waals surface area contributed by atoms with Crippen molar-refractivity contribution in [3.63, 3.8) is 0 Å². The molecule has 2 heterocycles. The number of nitrogens with zero attached hydrogens (tertiary/aromatic N) is 4. The molecule has 2 aromatic heterocycles. The van der Waals surface area contributed by atoms with E-state index in [9.17, 15) is 9.59 Å². The van der Waals surface area contributed by atoms with Crippen molar-refractivity contribution in [2.24, 2.45) is 0 Å². The minimum absolute atomic E-state index is 0.157. The molecule has 1 amide bonds. The topological polar surface area (TPSA) is 103 Å². The molecule has 3 rings (SSSR count). The van der Waals surface area contributed by atoms with Crippen molar-refractivity contribution in [3.8, 4) is 0 Å². The van der Waals surface area contributed by atoms with Gasteiger partial charge in [0.25, 0.3) is 11.5 Å². The predicted octanol–water partition coefficient (Wildman–Crippen LogP) is 3.46. The van der Waals surface area contributed by atoms with Gasteiger partial charge in [0.05, 0.1) is 5.39 Å². The molecule has 160 valence electrons. The Kier molecular flexibility index (Phi) is 7.32. The van der Waals surface area contributed by atoms with Crippen molar-refractivity contribution in [1.82, 2.24) is 25.2 Å². The molecule has 0 aliphatic rings. The fraction of sp³-hybridized carbons (Fsp3) is 0.500. The van der Waals surface area contributed by atoms with Crippen LogP contribution >= 0.6 is 0 Å². The first-order valence-electron chi connectivity index (χ1n) is 10.6. The molecule has 0 unspecified atom stereocenters. The summed E-state index contributed by atoms with van der Waals surface area (Å²) in [6.45, 7) is 7.07. The lowest BCUT2D eigenvalue weighted by molar-refractivity contribution is 0.0947. The van der Waals surface area contributed by atoms with Crippen molar-refractivity contribution >= 4 is 16.7 Å². The molecule has 0 fully saturated rings. The molecule has 0 bridgehead atoms. The van der Waals surface area contributed by atoms with E-state index < -0.39 is 0 Å². The first-order chi connectivity index (χ1) is 14.5. The summed E-state index contributed by atoms with van der Waals surface area (Å²) in [7, 11) is 0. The first kappa shape index (κ1) is 21.7. The number of nitrogens with one attached hydrogen (secondary N) is 1. The van der Waals surface area contributed by atoms with Crippen molar-refractivity contribution in [2.75, 3.05) is 6.54 Å². The lowest BCUT2D eigenvalue weighted by atomic mass is 10.1. The first-order valence-corrected chi connectivity index (χ1v) is 10.6. The maximum absolute atomic E-state index is 12.8. The SMILES string of the molecule is CCCCCn1nc(C(=O)NCCCc2nc(C(C)C)no2)c2ccccc2c1=O. The van der Waals surface area contributed by atoms with Crippen LogP contribution in [0.2, 0.25) is 0 Å². The zero-order valence-electron chi connectivity index (χ0n) is 17.9. The Balaban J connectivity index is 1.68. The zero-order valence-corrected chi connectivity index (χ0v) is 17.9. The average molecular weight is 412 g/mol. The molecule has 0 saturated heterocycles. The highest BCUT2D eigenvalue weighted by molar-refractivity contribution is 6.04. The molecule has 0 spiro atoms. The summed E-state index contributed by atoms with van der Waals surface area (Å²) in [5.41, 5.74) is 0.122. The highest BCUT2D eigenvalue weighted by Gasteiger charge is 2.16. The highest BCUT2D eigenvalue weighted by Crippen LogP contribution is 2.14. The van der Waals surface area contributed by atoms with Gasteiger partial charge in [0.15, 0.2) is 11.5 Å². The van der Waals surface area contributed by atoms with Crippen LogP contribution in [0.5, 0.6) is 0 Å². The monoisotopic (exact) mass is 411 g/mol. The van der Waals surface area contributed by atoms with Crippen molar-refractivity contribution in [3.05, 3.63) is 52.0 Å². The van der Waals surface area contributed by atoms with E-state index in [1.54, 1.807) is 18.2 Å². The summed E-state index contributed by atoms with van der Waals surface area (Å²) in [5.74, 6) is 1.19. The van der Waals surface area contributed by atoms with E-state index in [0.29, 0.717) is 48.4 Å². The minimum atomic E-state index is -0.288. The molecule has 0 aliphatic heterocycles. The number of fused-ring (bicyclic) bond motifs is 1. The Morgan fingerprint density at radius 2 is 1.93 bits per heavy atom. The number of hydrogen-bond acceptors (Lipinski definition) is 6. The number of rotatable bonds is 10. The second-order valence-corrected chi connectivity index (χ2v) is 7.69. The van der Waals surface area contributed by atoms with Crippen LogP contribution in [0.15, 0.2) is 33.6 Å². The van der Waals surface area contributed by atoms with Crippen LogP contribution in [0.3, 0.4) is 0 Å². The lowest BCUT2D eigenvalue weighted by Crippen LogP contribution is -2.31. The maximum atomic E-state index is 12.8. The van der Waals surface area contributed by atoms with Gasteiger partial charge in [0.1, 0.15) is 0 Å². The molecule has 1 N–H and O–H groups in total. The molecule has 0 saturated carbocycles. The molecule has 1 aromatic carbocycles. The highest BCUT2D eigenvalue weighted by atomic mass is 16.5. The predicted molar refractivity (Wildman–Crippen MR) is 115 cm³/mol. The number of carbonyl (C=O) groups excluding carboxylic acids is 1. The van der Waals surface area contributed by atoms with Gasteiger partial charge >= 0.3 is 0 Å². The van der Waals surface area contributed by atoms with Gasteiger partial charge in [0, 0.05) is 30.8 Å². The third-order valence-electron chi connectivity index (χ3n) is 4.91. The molecule has 8 heteroatoms. The largest absolute Gasteiger partial charge is 0.351 e.